The number of aromatic nitrogens is 2. The van der Waals surface area contributed by atoms with Crippen LogP contribution in [0.4, 0.5) is 5.69 Å². The number of H-pyrrole nitrogens is 1. The van der Waals surface area contributed by atoms with Gasteiger partial charge in [0.2, 0.25) is 10.0 Å². The Labute approximate surface area is 145 Å². The van der Waals surface area contributed by atoms with Gasteiger partial charge in [0.1, 0.15) is 5.82 Å². The van der Waals surface area contributed by atoms with Gasteiger partial charge in [-0.2, -0.15) is 0 Å². The molecule has 0 unspecified atom stereocenters. The SMILES string of the molecule is Cc1nc(Cc2ccc(N(C)S(C)(=O)=O)cc2)[nH]c(=O)c1CC(=O)O. The summed E-state index contributed by atoms with van der Waals surface area (Å²) in [6, 6.07) is 6.83. The molecule has 0 bridgehead atoms. The third-order valence-corrected chi connectivity index (χ3v) is 4.97. The van der Waals surface area contributed by atoms with Crippen LogP contribution >= 0.6 is 0 Å². The van der Waals surface area contributed by atoms with Crippen molar-refractivity contribution in [1.29, 1.82) is 0 Å². The molecule has 0 radical (unpaired) electrons. The van der Waals surface area contributed by atoms with E-state index in [-0.39, 0.29) is 12.0 Å². The number of anilines is 1. The fourth-order valence-corrected chi connectivity index (χ4v) is 2.83. The van der Waals surface area contributed by atoms with Crippen LogP contribution in [0, 0.1) is 6.92 Å². The Hall–Kier alpha value is -2.68. The topological polar surface area (TPSA) is 120 Å². The quantitative estimate of drug-likeness (QED) is 0.777. The van der Waals surface area contributed by atoms with Crippen LogP contribution in [0.3, 0.4) is 0 Å². The number of benzene rings is 1. The number of carbonyl (C=O) groups is 1. The van der Waals surface area contributed by atoms with Crippen LogP contribution in [-0.2, 0) is 27.7 Å². The summed E-state index contributed by atoms with van der Waals surface area (Å²) in [4.78, 5) is 29.6. The minimum atomic E-state index is -3.33. The number of carboxylic acids is 1. The number of nitrogens with zero attached hydrogens (tertiary/aromatic N) is 2. The highest BCUT2D eigenvalue weighted by Gasteiger charge is 2.13. The second-order valence-electron chi connectivity index (χ2n) is 5.72. The Morgan fingerprint density at radius 3 is 2.36 bits per heavy atom. The average molecular weight is 365 g/mol. The molecule has 0 fully saturated rings. The van der Waals surface area contributed by atoms with Gasteiger partial charge in [0, 0.05) is 24.7 Å². The van der Waals surface area contributed by atoms with Crippen LogP contribution in [0.25, 0.3) is 0 Å². The molecule has 0 aliphatic heterocycles. The molecule has 1 aromatic heterocycles. The molecule has 0 saturated carbocycles. The maximum Gasteiger partial charge on any atom is 0.308 e. The third kappa shape index (κ3) is 4.66. The van der Waals surface area contributed by atoms with E-state index in [0.29, 0.717) is 23.6 Å². The molecule has 0 saturated heterocycles. The molecule has 2 aromatic rings. The molecular weight excluding hydrogens is 346 g/mol. The molecule has 2 N–H and O–H groups in total. The lowest BCUT2D eigenvalue weighted by Gasteiger charge is -2.16. The van der Waals surface area contributed by atoms with Crippen LogP contribution in [0.1, 0.15) is 22.6 Å². The number of carboxylic acid groups (broad SMARTS) is 1. The van der Waals surface area contributed by atoms with Crippen molar-refractivity contribution in [1.82, 2.24) is 9.97 Å². The maximum absolute atomic E-state index is 12.0. The molecular formula is C16H19N3O5S. The first-order valence-corrected chi connectivity index (χ1v) is 9.26. The standard InChI is InChI=1S/C16H19N3O5S/c1-10-13(9-15(20)21)16(22)18-14(17-10)8-11-4-6-12(7-5-11)19(2)25(3,23)24/h4-7H,8-9H2,1-3H3,(H,20,21)(H,17,18,22). The number of sulfonamides is 1. The van der Waals surface area contributed by atoms with Crippen LogP contribution in [-0.4, -0.2) is 42.8 Å². The maximum atomic E-state index is 12.0. The molecule has 1 heterocycles. The highest BCUT2D eigenvalue weighted by atomic mass is 32.2. The molecule has 0 aliphatic rings. The van der Waals surface area contributed by atoms with Gasteiger partial charge in [0.05, 0.1) is 18.4 Å². The Kier molecular flexibility index (Phi) is 5.27. The zero-order valence-corrected chi connectivity index (χ0v) is 14.9. The fourth-order valence-electron chi connectivity index (χ4n) is 2.32. The van der Waals surface area contributed by atoms with Gasteiger partial charge in [-0.15, -0.1) is 0 Å². The third-order valence-electron chi connectivity index (χ3n) is 3.77. The van der Waals surface area contributed by atoms with Gasteiger partial charge in [-0.05, 0) is 24.6 Å². The zero-order valence-electron chi connectivity index (χ0n) is 14.1. The number of aliphatic carboxylic acids is 1. The molecule has 2 rings (SSSR count). The summed E-state index contributed by atoms with van der Waals surface area (Å²) in [5.41, 5.74) is 1.43. The Bertz CT molecular complexity index is 949. The minimum Gasteiger partial charge on any atom is -0.481 e. The molecule has 0 amide bonds. The van der Waals surface area contributed by atoms with Gasteiger partial charge in [-0.25, -0.2) is 13.4 Å². The van der Waals surface area contributed by atoms with Gasteiger partial charge in [0.15, 0.2) is 0 Å². The molecule has 25 heavy (non-hydrogen) atoms. The van der Waals surface area contributed by atoms with Crippen LogP contribution in [0.15, 0.2) is 29.1 Å². The molecule has 8 nitrogen and oxygen atoms in total. The van der Waals surface area contributed by atoms with Crippen LogP contribution < -0.4 is 9.86 Å². The van der Waals surface area contributed by atoms with Crippen molar-refractivity contribution in [3.63, 3.8) is 0 Å². The number of rotatable bonds is 6. The Morgan fingerprint density at radius 1 is 1.28 bits per heavy atom. The Balaban J connectivity index is 2.23. The summed E-state index contributed by atoms with van der Waals surface area (Å²) in [6.45, 7) is 1.60. The second-order valence-corrected chi connectivity index (χ2v) is 7.73. The summed E-state index contributed by atoms with van der Waals surface area (Å²) >= 11 is 0. The number of hydrogen-bond donors (Lipinski definition) is 2. The zero-order chi connectivity index (χ0) is 18.8. The lowest BCUT2D eigenvalue weighted by molar-refractivity contribution is -0.136. The van der Waals surface area contributed by atoms with Crippen molar-refractivity contribution in [2.24, 2.45) is 0 Å². The van der Waals surface area contributed by atoms with E-state index >= 15 is 0 Å². The van der Waals surface area contributed by atoms with E-state index in [1.54, 1.807) is 31.2 Å². The molecule has 9 heteroatoms. The molecule has 134 valence electrons. The first kappa shape index (κ1) is 18.7. The van der Waals surface area contributed by atoms with Crippen molar-refractivity contribution in [2.45, 2.75) is 19.8 Å². The van der Waals surface area contributed by atoms with E-state index in [1.807, 2.05) is 0 Å². The van der Waals surface area contributed by atoms with Crippen LogP contribution in [0.2, 0.25) is 0 Å². The smallest absolute Gasteiger partial charge is 0.308 e. The predicted octanol–water partition coefficient (Wildman–Crippen LogP) is 0.692. The van der Waals surface area contributed by atoms with E-state index < -0.39 is 21.6 Å². The minimum absolute atomic E-state index is 0.140. The van der Waals surface area contributed by atoms with Crippen molar-refractivity contribution in [3.05, 3.63) is 57.3 Å². The van der Waals surface area contributed by atoms with Crippen molar-refractivity contribution in [2.75, 3.05) is 17.6 Å². The van der Waals surface area contributed by atoms with E-state index in [1.165, 1.54) is 11.4 Å². The monoisotopic (exact) mass is 365 g/mol. The molecule has 0 aliphatic carbocycles. The number of nitrogens with one attached hydrogen (secondary N) is 1. The van der Waals surface area contributed by atoms with Crippen molar-refractivity contribution >= 4 is 21.7 Å². The van der Waals surface area contributed by atoms with Crippen molar-refractivity contribution < 1.29 is 18.3 Å². The summed E-state index contributed by atoms with van der Waals surface area (Å²) in [5, 5.41) is 8.82. The molecule has 0 spiro atoms. The van der Waals surface area contributed by atoms with Crippen LogP contribution in [0.5, 0.6) is 0 Å². The second kappa shape index (κ2) is 7.06. The first-order chi connectivity index (χ1) is 11.6. The number of aromatic amines is 1. The van der Waals surface area contributed by atoms with Gasteiger partial charge < -0.3 is 10.1 Å². The van der Waals surface area contributed by atoms with E-state index in [4.69, 9.17) is 5.11 Å². The van der Waals surface area contributed by atoms with Crippen molar-refractivity contribution in [3.8, 4) is 0 Å². The van der Waals surface area contributed by atoms with Gasteiger partial charge >= 0.3 is 5.97 Å². The average Bonchev–Trinajstić information content (AvgIpc) is 2.50. The highest BCUT2D eigenvalue weighted by Crippen LogP contribution is 2.17. The fraction of sp³-hybridized carbons (Fsp3) is 0.312. The predicted molar refractivity (Wildman–Crippen MR) is 93.4 cm³/mol. The lowest BCUT2D eigenvalue weighted by atomic mass is 10.1. The van der Waals surface area contributed by atoms with E-state index in [2.05, 4.69) is 9.97 Å². The molecule has 0 atom stereocenters. The normalized spacial score (nSPS) is 11.3. The largest absolute Gasteiger partial charge is 0.481 e. The summed E-state index contributed by atoms with van der Waals surface area (Å²) in [5.74, 6) is -0.672. The van der Waals surface area contributed by atoms with E-state index in [9.17, 15) is 18.0 Å². The van der Waals surface area contributed by atoms with Gasteiger partial charge in [-0.3, -0.25) is 13.9 Å². The summed E-state index contributed by atoms with van der Waals surface area (Å²) in [7, 11) is -1.86. The van der Waals surface area contributed by atoms with E-state index in [0.717, 1.165) is 11.8 Å². The Morgan fingerprint density at radius 2 is 1.88 bits per heavy atom. The summed E-state index contributed by atoms with van der Waals surface area (Å²) in [6.07, 6.45) is 1.09. The van der Waals surface area contributed by atoms with Gasteiger partial charge in [0.25, 0.3) is 5.56 Å². The number of aryl methyl sites for hydroxylation is 1. The molecule has 1 aromatic carbocycles. The summed E-state index contributed by atoms with van der Waals surface area (Å²) < 4.78 is 24.2. The first-order valence-electron chi connectivity index (χ1n) is 7.41. The number of hydrogen-bond acceptors (Lipinski definition) is 5. The van der Waals surface area contributed by atoms with Gasteiger partial charge in [-0.1, -0.05) is 12.1 Å². The highest BCUT2D eigenvalue weighted by molar-refractivity contribution is 7.92. The lowest BCUT2D eigenvalue weighted by Crippen LogP contribution is -2.24.